The summed E-state index contributed by atoms with van der Waals surface area (Å²) >= 11 is 0. The molecule has 4 aromatic rings. The summed E-state index contributed by atoms with van der Waals surface area (Å²) in [5.74, 6) is 1.38. The van der Waals surface area contributed by atoms with Crippen molar-refractivity contribution in [3.05, 3.63) is 83.9 Å². The molecule has 0 bridgehead atoms. The molecule has 1 N–H and O–H groups in total. The van der Waals surface area contributed by atoms with Crippen LogP contribution in [0.4, 0.5) is 11.8 Å². The second-order valence-corrected chi connectivity index (χ2v) is 7.82. The minimum absolute atomic E-state index is 0.677. The Morgan fingerprint density at radius 3 is 2.56 bits per heavy atom. The van der Waals surface area contributed by atoms with E-state index in [1.54, 1.807) is 0 Å². The molecule has 6 nitrogen and oxygen atoms in total. The van der Waals surface area contributed by atoms with Crippen LogP contribution in [0.5, 0.6) is 0 Å². The number of fused-ring (bicyclic) bond motifs is 1. The van der Waals surface area contributed by atoms with Gasteiger partial charge in [0, 0.05) is 24.0 Å². The summed E-state index contributed by atoms with van der Waals surface area (Å²) in [6.45, 7) is 4.96. The summed E-state index contributed by atoms with van der Waals surface area (Å²) in [6, 6.07) is 24.7. The first-order valence-electron chi connectivity index (χ1n) is 10.8. The molecular formula is C26H25N5O. The van der Waals surface area contributed by atoms with E-state index >= 15 is 0 Å². The maximum Gasteiger partial charge on any atom is 0.228 e. The number of benzene rings is 3. The van der Waals surface area contributed by atoms with Gasteiger partial charge in [0.05, 0.1) is 24.9 Å². The van der Waals surface area contributed by atoms with E-state index in [1.165, 1.54) is 5.56 Å². The van der Waals surface area contributed by atoms with Gasteiger partial charge in [-0.25, -0.2) is 4.98 Å². The summed E-state index contributed by atoms with van der Waals surface area (Å²) in [5.41, 5.74) is 8.51. The second kappa shape index (κ2) is 9.16. The van der Waals surface area contributed by atoms with Crippen LogP contribution in [0.3, 0.4) is 0 Å². The Hall–Kier alpha value is -3.77. The Morgan fingerprint density at radius 2 is 1.75 bits per heavy atom. The first kappa shape index (κ1) is 20.2. The van der Waals surface area contributed by atoms with Crippen LogP contribution in [0.1, 0.15) is 11.1 Å². The van der Waals surface area contributed by atoms with Crippen molar-refractivity contribution in [3.63, 3.8) is 0 Å². The maximum absolute atomic E-state index is 5.52. The van der Waals surface area contributed by atoms with Crippen LogP contribution in [0, 0.1) is 6.92 Å². The average molecular weight is 424 g/mol. The average Bonchev–Trinajstić information content (AvgIpc) is 2.85. The van der Waals surface area contributed by atoms with E-state index in [0.717, 1.165) is 40.7 Å². The Labute approximate surface area is 187 Å². The summed E-state index contributed by atoms with van der Waals surface area (Å²) < 4.78 is 5.52. The van der Waals surface area contributed by atoms with Gasteiger partial charge in [-0.2, -0.15) is 10.1 Å². The highest BCUT2D eigenvalue weighted by molar-refractivity contribution is 6.00. The van der Waals surface area contributed by atoms with Crippen LogP contribution in [0.15, 0.2) is 77.9 Å². The van der Waals surface area contributed by atoms with E-state index in [-0.39, 0.29) is 0 Å². The number of rotatable bonds is 5. The maximum atomic E-state index is 5.52. The van der Waals surface area contributed by atoms with Crippen molar-refractivity contribution in [2.24, 2.45) is 5.10 Å². The highest BCUT2D eigenvalue weighted by Gasteiger charge is 2.18. The molecule has 1 aliphatic rings. The summed E-state index contributed by atoms with van der Waals surface area (Å²) in [4.78, 5) is 12.0. The molecule has 32 heavy (non-hydrogen) atoms. The molecule has 3 aromatic carbocycles. The zero-order valence-corrected chi connectivity index (χ0v) is 18.0. The molecular weight excluding hydrogens is 398 g/mol. The van der Waals surface area contributed by atoms with Gasteiger partial charge in [-0.15, -0.1) is 0 Å². The van der Waals surface area contributed by atoms with Gasteiger partial charge in [0.15, 0.2) is 5.82 Å². The minimum Gasteiger partial charge on any atom is -0.378 e. The van der Waals surface area contributed by atoms with E-state index in [2.05, 4.69) is 52.7 Å². The van der Waals surface area contributed by atoms with Gasteiger partial charge in [0.1, 0.15) is 0 Å². The Morgan fingerprint density at radius 1 is 0.938 bits per heavy atom. The summed E-state index contributed by atoms with van der Waals surface area (Å²) in [5, 5.41) is 5.42. The molecule has 0 spiro atoms. The SMILES string of the molecule is Cc1cccc(C=NNc2nc(N3CCOCC3)nc3c(-c4ccccc4)cccc23)c1. The lowest BCUT2D eigenvalue weighted by molar-refractivity contribution is 0.122. The van der Waals surface area contributed by atoms with Gasteiger partial charge in [0.25, 0.3) is 0 Å². The molecule has 160 valence electrons. The van der Waals surface area contributed by atoms with Crippen molar-refractivity contribution in [1.82, 2.24) is 9.97 Å². The zero-order chi connectivity index (χ0) is 21.8. The molecule has 5 rings (SSSR count). The molecule has 0 saturated carbocycles. The van der Waals surface area contributed by atoms with Crippen molar-refractivity contribution in [1.29, 1.82) is 0 Å². The number of nitrogens with zero attached hydrogens (tertiary/aromatic N) is 4. The van der Waals surface area contributed by atoms with Crippen molar-refractivity contribution in [2.45, 2.75) is 6.92 Å². The van der Waals surface area contributed by atoms with Gasteiger partial charge >= 0.3 is 0 Å². The molecule has 0 atom stereocenters. The van der Waals surface area contributed by atoms with E-state index in [9.17, 15) is 0 Å². The Balaban J connectivity index is 1.58. The molecule has 1 aromatic heterocycles. The topological polar surface area (TPSA) is 62.6 Å². The standard InChI is InChI=1S/C26H25N5O/c1-19-7-5-8-20(17-19)18-27-30-25-23-12-6-11-22(21-9-3-2-4-10-21)24(23)28-26(29-25)31-13-15-32-16-14-31/h2-12,17-18H,13-16H2,1H3,(H,28,29,30). The molecule has 1 saturated heterocycles. The largest absolute Gasteiger partial charge is 0.378 e. The number of ether oxygens (including phenoxy) is 1. The number of para-hydroxylation sites is 1. The van der Waals surface area contributed by atoms with Crippen LogP contribution in [0.25, 0.3) is 22.0 Å². The van der Waals surface area contributed by atoms with Gasteiger partial charge in [-0.3, -0.25) is 5.43 Å². The molecule has 6 heteroatoms. The van der Waals surface area contributed by atoms with Crippen LogP contribution >= 0.6 is 0 Å². The van der Waals surface area contributed by atoms with Crippen molar-refractivity contribution in [3.8, 4) is 11.1 Å². The normalized spacial score (nSPS) is 14.2. The molecule has 2 heterocycles. The van der Waals surface area contributed by atoms with Crippen LogP contribution in [-0.4, -0.2) is 42.5 Å². The van der Waals surface area contributed by atoms with E-state index < -0.39 is 0 Å². The molecule has 0 aliphatic carbocycles. The number of morpholine rings is 1. The smallest absolute Gasteiger partial charge is 0.228 e. The van der Waals surface area contributed by atoms with Crippen LogP contribution in [0.2, 0.25) is 0 Å². The van der Waals surface area contributed by atoms with Crippen LogP contribution in [-0.2, 0) is 4.74 Å². The predicted octanol–water partition coefficient (Wildman–Crippen LogP) is 4.89. The fourth-order valence-electron chi connectivity index (χ4n) is 3.90. The van der Waals surface area contributed by atoms with Crippen molar-refractivity contribution >= 4 is 28.9 Å². The van der Waals surface area contributed by atoms with Gasteiger partial charge in [-0.05, 0) is 24.1 Å². The third kappa shape index (κ3) is 4.31. The van der Waals surface area contributed by atoms with E-state index in [1.807, 2.05) is 48.7 Å². The lowest BCUT2D eigenvalue weighted by Gasteiger charge is -2.27. The number of aromatic nitrogens is 2. The first-order chi connectivity index (χ1) is 15.8. The predicted molar refractivity (Wildman–Crippen MR) is 130 cm³/mol. The fraction of sp³-hybridized carbons (Fsp3) is 0.192. The number of nitrogens with one attached hydrogen (secondary N) is 1. The monoisotopic (exact) mass is 423 g/mol. The Bertz CT molecular complexity index is 1250. The number of anilines is 2. The Kier molecular flexibility index (Phi) is 5.77. The number of hydrogen-bond acceptors (Lipinski definition) is 6. The molecule has 1 aliphatic heterocycles. The first-order valence-corrected chi connectivity index (χ1v) is 10.8. The number of hydrogen-bond donors (Lipinski definition) is 1. The zero-order valence-electron chi connectivity index (χ0n) is 18.0. The minimum atomic E-state index is 0.677. The van der Waals surface area contributed by atoms with Crippen LogP contribution < -0.4 is 10.3 Å². The lowest BCUT2D eigenvalue weighted by Crippen LogP contribution is -2.37. The molecule has 1 fully saturated rings. The third-order valence-corrected chi connectivity index (χ3v) is 5.52. The molecule has 0 unspecified atom stereocenters. The highest BCUT2D eigenvalue weighted by atomic mass is 16.5. The van der Waals surface area contributed by atoms with E-state index in [0.29, 0.717) is 25.0 Å². The quantitative estimate of drug-likeness (QED) is 0.366. The third-order valence-electron chi connectivity index (χ3n) is 5.52. The van der Waals surface area contributed by atoms with Crippen molar-refractivity contribution in [2.75, 3.05) is 36.6 Å². The lowest BCUT2D eigenvalue weighted by atomic mass is 10.0. The molecule has 0 radical (unpaired) electrons. The highest BCUT2D eigenvalue weighted by Crippen LogP contribution is 2.32. The summed E-state index contributed by atoms with van der Waals surface area (Å²) in [6.07, 6.45) is 1.82. The second-order valence-electron chi connectivity index (χ2n) is 7.82. The molecule has 0 amide bonds. The summed E-state index contributed by atoms with van der Waals surface area (Å²) in [7, 11) is 0. The number of aryl methyl sites for hydroxylation is 1. The number of hydrazone groups is 1. The van der Waals surface area contributed by atoms with Crippen molar-refractivity contribution < 1.29 is 4.74 Å². The van der Waals surface area contributed by atoms with Gasteiger partial charge < -0.3 is 9.64 Å². The fourth-order valence-corrected chi connectivity index (χ4v) is 3.90. The van der Waals surface area contributed by atoms with Gasteiger partial charge in [0.2, 0.25) is 5.95 Å². The van der Waals surface area contributed by atoms with Gasteiger partial charge in [-0.1, -0.05) is 72.3 Å². The van der Waals surface area contributed by atoms with E-state index in [4.69, 9.17) is 14.7 Å².